The van der Waals surface area contributed by atoms with Crippen molar-refractivity contribution in [3.63, 3.8) is 0 Å². The van der Waals surface area contributed by atoms with Crippen molar-refractivity contribution in [2.24, 2.45) is 17.3 Å². The van der Waals surface area contributed by atoms with E-state index >= 15 is 0 Å². The van der Waals surface area contributed by atoms with Crippen LogP contribution < -0.4 is 0 Å². The third kappa shape index (κ3) is 4.23. The van der Waals surface area contributed by atoms with Crippen LogP contribution >= 0.6 is 0 Å². The summed E-state index contributed by atoms with van der Waals surface area (Å²) in [5, 5.41) is 20.0. The molecule has 2 N–H and O–H groups in total. The summed E-state index contributed by atoms with van der Waals surface area (Å²) in [6.45, 7) is 6.86. The molecule has 1 aliphatic heterocycles. The van der Waals surface area contributed by atoms with Crippen molar-refractivity contribution in [1.82, 2.24) is 5.06 Å². The first kappa shape index (κ1) is 15.4. The summed E-state index contributed by atoms with van der Waals surface area (Å²) >= 11 is 0. The van der Waals surface area contributed by atoms with E-state index in [4.69, 9.17) is 15.1 Å². The molecule has 0 aliphatic carbocycles. The average molecular weight is 259 g/mol. The predicted molar refractivity (Wildman–Crippen MR) is 67.5 cm³/mol. The Kier molecular flexibility index (Phi) is 5.56. The van der Waals surface area contributed by atoms with Crippen molar-refractivity contribution in [2.45, 2.75) is 33.6 Å². The summed E-state index contributed by atoms with van der Waals surface area (Å²) in [5.41, 5.74) is -0.490. The fraction of sp³-hybridized carbons (Fsp3) is 0.923. The van der Waals surface area contributed by atoms with Gasteiger partial charge in [0.05, 0.1) is 5.41 Å². The molecule has 1 aliphatic rings. The Morgan fingerprint density at radius 1 is 1.28 bits per heavy atom. The summed E-state index contributed by atoms with van der Waals surface area (Å²) < 4.78 is 0. The predicted octanol–water partition coefficient (Wildman–Crippen LogP) is 0.803. The van der Waals surface area contributed by atoms with E-state index in [-0.39, 0.29) is 25.1 Å². The van der Waals surface area contributed by atoms with E-state index in [1.165, 1.54) is 0 Å². The number of rotatable bonds is 4. The van der Waals surface area contributed by atoms with E-state index in [9.17, 15) is 4.79 Å². The summed E-state index contributed by atoms with van der Waals surface area (Å²) in [4.78, 5) is 17.0. The van der Waals surface area contributed by atoms with Gasteiger partial charge in [-0.25, -0.2) is 4.79 Å². The lowest BCUT2D eigenvalue weighted by atomic mass is 9.86. The second-order valence-electron chi connectivity index (χ2n) is 6.02. The van der Waals surface area contributed by atoms with Crippen LogP contribution in [0.5, 0.6) is 0 Å². The van der Waals surface area contributed by atoms with Crippen LogP contribution in [0.25, 0.3) is 0 Å². The maximum atomic E-state index is 11.7. The molecule has 0 saturated carbocycles. The fourth-order valence-electron chi connectivity index (χ4n) is 2.05. The van der Waals surface area contributed by atoms with Gasteiger partial charge in [0.1, 0.15) is 0 Å². The van der Waals surface area contributed by atoms with Gasteiger partial charge in [0.25, 0.3) is 0 Å². The first-order chi connectivity index (χ1) is 8.38. The standard InChI is InChI=1S/C13H25NO4/c1-13(2,3)12(17)18-14-6-4-10(5-7-14)11(8-15)9-16/h10-11,15-16H,4-9H2,1-3H3. The summed E-state index contributed by atoms with van der Waals surface area (Å²) in [6, 6.07) is 0. The largest absolute Gasteiger partial charge is 0.396 e. The van der Waals surface area contributed by atoms with Gasteiger partial charge in [0.15, 0.2) is 0 Å². The van der Waals surface area contributed by atoms with Gasteiger partial charge in [0, 0.05) is 32.2 Å². The lowest BCUT2D eigenvalue weighted by molar-refractivity contribution is -0.207. The molecule has 5 heteroatoms. The molecular weight excluding hydrogens is 234 g/mol. The van der Waals surface area contributed by atoms with Gasteiger partial charge in [-0.05, 0) is 39.5 Å². The van der Waals surface area contributed by atoms with E-state index in [1.807, 2.05) is 20.8 Å². The first-order valence-corrected chi connectivity index (χ1v) is 6.57. The molecule has 0 amide bonds. The van der Waals surface area contributed by atoms with Gasteiger partial charge in [-0.3, -0.25) is 0 Å². The van der Waals surface area contributed by atoms with Crippen molar-refractivity contribution in [3.05, 3.63) is 0 Å². The summed E-state index contributed by atoms with van der Waals surface area (Å²) in [5.74, 6) is 0.0388. The zero-order valence-electron chi connectivity index (χ0n) is 11.6. The van der Waals surface area contributed by atoms with Crippen LogP contribution in [0.2, 0.25) is 0 Å². The Bertz CT molecular complexity index is 263. The molecule has 0 bridgehead atoms. The number of hydroxylamine groups is 2. The highest BCUT2D eigenvalue weighted by molar-refractivity contribution is 5.75. The smallest absolute Gasteiger partial charge is 0.330 e. The number of nitrogens with zero attached hydrogens (tertiary/aromatic N) is 1. The fourth-order valence-corrected chi connectivity index (χ4v) is 2.05. The molecule has 0 aromatic heterocycles. The molecule has 0 atom stereocenters. The number of carbonyl (C=O) groups excluding carboxylic acids is 1. The minimum atomic E-state index is -0.490. The molecule has 1 rings (SSSR count). The number of carbonyl (C=O) groups is 1. The SMILES string of the molecule is CC(C)(C)C(=O)ON1CCC(C(CO)CO)CC1. The molecule has 0 spiro atoms. The van der Waals surface area contributed by atoms with Crippen LogP contribution in [0.15, 0.2) is 0 Å². The van der Waals surface area contributed by atoms with Crippen LogP contribution in [0.4, 0.5) is 0 Å². The molecule has 106 valence electrons. The van der Waals surface area contributed by atoms with Gasteiger partial charge in [-0.2, -0.15) is 0 Å². The Morgan fingerprint density at radius 3 is 2.17 bits per heavy atom. The van der Waals surface area contributed by atoms with E-state index < -0.39 is 5.41 Å². The average Bonchev–Trinajstić information content (AvgIpc) is 2.31. The van der Waals surface area contributed by atoms with Gasteiger partial charge in [-0.15, -0.1) is 5.06 Å². The third-order valence-corrected chi connectivity index (χ3v) is 3.46. The molecule has 0 aromatic rings. The van der Waals surface area contributed by atoms with Gasteiger partial charge in [0.2, 0.25) is 0 Å². The Balaban J connectivity index is 2.38. The zero-order chi connectivity index (χ0) is 13.8. The van der Waals surface area contributed by atoms with Gasteiger partial charge in [-0.1, -0.05) is 0 Å². The van der Waals surface area contributed by atoms with Crippen LogP contribution in [-0.2, 0) is 9.63 Å². The molecular formula is C13H25NO4. The molecule has 1 saturated heterocycles. The van der Waals surface area contributed by atoms with E-state index in [1.54, 1.807) is 5.06 Å². The first-order valence-electron chi connectivity index (χ1n) is 6.57. The third-order valence-electron chi connectivity index (χ3n) is 3.46. The lowest BCUT2D eigenvalue weighted by Crippen LogP contribution is -2.41. The highest BCUT2D eigenvalue weighted by Gasteiger charge is 2.30. The Labute approximate surface area is 109 Å². The van der Waals surface area contributed by atoms with Crippen molar-refractivity contribution in [1.29, 1.82) is 0 Å². The molecule has 1 heterocycles. The van der Waals surface area contributed by atoms with Gasteiger partial charge < -0.3 is 15.1 Å². The van der Waals surface area contributed by atoms with Crippen LogP contribution in [0.1, 0.15) is 33.6 Å². The highest BCUT2D eigenvalue weighted by atomic mass is 16.7. The quantitative estimate of drug-likeness (QED) is 0.781. The molecule has 0 unspecified atom stereocenters. The van der Waals surface area contributed by atoms with Crippen molar-refractivity contribution in [2.75, 3.05) is 26.3 Å². The van der Waals surface area contributed by atoms with Gasteiger partial charge >= 0.3 is 5.97 Å². The molecule has 18 heavy (non-hydrogen) atoms. The van der Waals surface area contributed by atoms with E-state index in [0.717, 1.165) is 12.8 Å². The Morgan fingerprint density at radius 2 is 1.78 bits per heavy atom. The maximum Gasteiger partial charge on any atom is 0.330 e. The number of hydrogen-bond donors (Lipinski definition) is 2. The summed E-state index contributed by atoms with van der Waals surface area (Å²) in [7, 11) is 0. The lowest BCUT2D eigenvalue weighted by Gasteiger charge is -2.34. The number of aliphatic hydroxyl groups excluding tert-OH is 2. The minimum absolute atomic E-state index is 0.0168. The van der Waals surface area contributed by atoms with Crippen LogP contribution in [0, 0.1) is 17.3 Å². The van der Waals surface area contributed by atoms with Crippen LogP contribution in [0.3, 0.4) is 0 Å². The molecule has 5 nitrogen and oxygen atoms in total. The minimum Gasteiger partial charge on any atom is -0.396 e. The van der Waals surface area contributed by atoms with Crippen molar-refractivity contribution >= 4 is 5.97 Å². The summed E-state index contributed by atoms with van der Waals surface area (Å²) in [6.07, 6.45) is 1.67. The maximum absolute atomic E-state index is 11.7. The van der Waals surface area contributed by atoms with E-state index in [2.05, 4.69) is 0 Å². The number of piperidine rings is 1. The second-order valence-corrected chi connectivity index (χ2v) is 6.02. The monoisotopic (exact) mass is 259 g/mol. The second kappa shape index (κ2) is 6.50. The normalized spacial score (nSPS) is 19.2. The highest BCUT2D eigenvalue weighted by Crippen LogP contribution is 2.26. The molecule has 0 aromatic carbocycles. The number of aliphatic hydroxyl groups is 2. The van der Waals surface area contributed by atoms with E-state index in [0.29, 0.717) is 19.0 Å². The Hall–Kier alpha value is -0.650. The van der Waals surface area contributed by atoms with Crippen molar-refractivity contribution < 1.29 is 19.8 Å². The zero-order valence-corrected chi connectivity index (χ0v) is 11.6. The topological polar surface area (TPSA) is 70.0 Å². The van der Waals surface area contributed by atoms with Crippen molar-refractivity contribution in [3.8, 4) is 0 Å². The molecule has 0 radical (unpaired) electrons. The molecule has 1 fully saturated rings. The van der Waals surface area contributed by atoms with Crippen LogP contribution in [-0.4, -0.2) is 47.5 Å². The number of hydrogen-bond acceptors (Lipinski definition) is 5.